The van der Waals surface area contributed by atoms with E-state index in [0.717, 1.165) is 18.4 Å². The molecule has 0 spiro atoms. The van der Waals surface area contributed by atoms with Crippen LogP contribution in [0.5, 0.6) is 0 Å². The number of nitrogen functional groups attached to an aromatic ring is 1. The summed E-state index contributed by atoms with van der Waals surface area (Å²) in [6.07, 6.45) is 3.62. The van der Waals surface area contributed by atoms with E-state index in [0.29, 0.717) is 16.7 Å². The minimum atomic E-state index is -0.447. The number of furan rings is 1. The zero-order chi connectivity index (χ0) is 17.2. The SMILES string of the molecule is Nn1c(S[C@H](C(=O)NC2CC2)c2ccccc2)nnc1-c1ccco1. The van der Waals surface area contributed by atoms with Gasteiger partial charge in [-0.3, -0.25) is 4.79 Å². The van der Waals surface area contributed by atoms with Crippen LogP contribution in [0.15, 0.2) is 58.3 Å². The van der Waals surface area contributed by atoms with E-state index >= 15 is 0 Å². The number of carbonyl (C=O) groups excluding carboxylic acids is 1. The first-order chi connectivity index (χ1) is 12.2. The number of hydrogen-bond acceptors (Lipinski definition) is 6. The van der Waals surface area contributed by atoms with E-state index < -0.39 is 5.25 Å². The number of carbonyl (C=O) groups is 1. The first-order valence-corrected chi connectivity index (χ1v) is 8.86. The summed E-state index contributed by atoms with van der Waals surface area (Å²) in [7, 11) is 0. The van der Waals surface area contributed by atoms with Gasteiger partial charge in [0.15, 0.2) is 5.76 Å². The zero-order valence-electron chi connectivity index (χ0n) is 13.3. The lowest BCUT2D eigenvalue weighted by molar-refractivity contribution is -0.120. The van der Waals surface area contributed by atoms with Gasteiger partial charge in [-0.05, 0) is 30.5 Å². The van der Waals surface area contributed by atoms with E-state index in [1.807, 2.05) is 30.3 Å². The van der Waals surface area contributed by atoms with Gasteiger partial charge in [-0.1, -0.05) is 42.1 Å². The molecule has 3 aromatic rings. The van der Waals surface area contributed by atoms with Crippen molar-refractivity contribution < 1.29 is 9.21 Å². The fourth-order valence-electron chi connectivity index (χ4n) is 2.44. The molecule has 1 saturated carbocycles. The van der Waals surface area contributed by atoms with Crippen molar-refractivity contribution in [3.8, 4) is 11.6 Å². The van der Waals surface area contributed by atoms with Crippen LogP contribution in [-0.2, 0) is 4.79 Å². The number of rotatable bonds is 6. The summed E-state index contributed by atoms with van der Waals surface area (Å²) in [5, 5.41) is 11.3. The monoisotopic (exact) mass is 355 g/mol. The lowest BCUT2D eigenvalue weighted by atomic mass is 10.1. The van der Waals surface area contributed by atoms with Crippen molar-refractivity contribution in [2.75, 3.05) is 5.84 Å². The zero-order valence-corrected chi connectivity index (χ0v) is 14.1. The van der Waals surface area contributed by atoms with Crippen LogP contribution in [0.25, 0.3) is 11.6 Å². The quantitative estimate of drug-likeness (QED) is 0.520. The number of amides is 1. The Morgan fingerprint density at radius 2 is 2.04 bits per heavy atom. The van der Waals surface area contributed by atoms with Gasteiger partial charge in [0.1, 0.15) is 5.25 Å². The first kappa shape index (κ1) is 15.8. The fraction of sp³-hybridized carbons (Fsp3) is 0.235. The van der Waals surface area contributed by atoms with Gasteiger partial charge in [0.05, 0.1) is 6.26 Å². The third kappa shape index (κ3) is 3.39. The Kier molecular flexibility index (Phi) is 4.19. The Morgan fingerprint density at radius 1 is 1.24 bits per heavy atom. The molecule has 2 aromatic heterocycles. The molecule has 0 aliphatic heterocycles. The van der Waals surface area contributed by atoms with Crippen LogP contribution in [0.3, 0.4) is 0 Å². The Labute approximate surface area is 148 Å². The highest BCUT2D eigenvalue weighted by molar-refractivity contribution is 8.00. The number of thioether (sulfide) groups is 1. The second-order valence-corrected chi connectivity index (χ2v) is 6.92. The number of nitrogens with zero attached hydrogens (tertiary/aromatic N) is 3. The number of nitrogens with two attached hydrogens (primary N) is 1. The van der Waals surface area contributed by atoms with Crippen molar-refractivity contribution in [2.24, 2.45) is 0 Å². The van der Waals surface area contributed by atoms with Crippen molar-refractivity contribution in [1.29, 1.82) is 0 Å². The molecule has 25 heavy (non-hydrogen) atoms. The minimum Gasteiger partial charge on any atom is -0.461 e. The van der Waals surface area contributed by atoms with Gasteiger partial charge in [0.2, 0.25) is 16.9 Å². The molecule has 0 bridgehead atoms. The smallest absolute Gasteiger partial charge is 0.238 e. The Balaban J connectivity index is 1.61. The van der Waals surface area contributed by atoms with Gasteiger partial charge >= 0.3 is 0 Å². The molecule has 0 radical (unpaired) electrons. The Morgan fingerprint density at radius 3 is 2.72 bits per heavy atom. The maximum absolute atomic E-state index is 12.7. The summed E-state index contributed by atoms with van der Waals surface area (Å²) >= 11 is 1.28. The average molecular weight is 355 g/mol. The van der Waals surface area contributed by atoms with Gasteiger partial charge in [-0.2, -0.15) is 0 Å². The van der Waals surface area contributed by atoms with Gasteiger partial charge in [0, 0.05) is 6.04 Å². The van der Waals surface area contributed by atoms with Crippen LogP contribution in [0.2, 0.25) is 0 Å². The van der Waals surface area contributed by atoms with Crippen LogP contribution in [0, 0.1) is 0 Å². The Hall–Kier alpha value is -2.74. The van der Waals surface area contributed by atoms with E-state index in [-0.39, 0.29) is 11.9 Å². The molecule has 0 unspecified atom stereocenters. The summed E-state index contributed by atoms with van der Waals surface area (Å²) in [6, 6.07) is 13.4. The second kappa shape index (κ2) is 6.64. The van der Waals surface area contributed by atoms with Gasteiger partial charge < -0.3 is 15.6 Å². The van der Waals surface area contributed by atoms with E-state index in [9.17, 15) is 4.79 Å². The maximum atomic E-state index is 12.7. The molecule has 7 nitrogen and oxygen atoms in total. The molecule has 1 atom stereocenters. The first-order valence-electron chi connectivity index (χ1n) is 7.98. The molecule has 3 N–H and O–H groups in total. The van der Waals surface area contributed by atoms with Crippen LogP contribution in [0.1, 0.15) is 23.7 Å². The molecule has 1 fully saturated rings. The average Bonchev–Trinajstić information content (AvgIpc) is 3.14. The van der Waals surface area contributed by atoms with E-state index in [1.54, 1.807) is 18.4 Å². The number of benzene rings is 1. The molecule has 0 saturated heterocycles. The summed E-state index contributed by atoms with van der Waals surface area (Å²) in [4.78, 5) is 12.7. The number of nitrogens with one attached hydrogen (secondary N) is 1. The molecule has 8 heteroatoms. The number of hydrogen-bond donors (Lipinski definition) is 2. The van der Waals surface area contributed by atoms with Crippen molar-refractivity contribution >= 4 is 17.7 Å². The lowest BCUT2D eigenvalue weighted by Gasteiger charge is -2.16. The molecule has 2 heterocycles. The second-order valence-electron chi connectivity index (χ2n) is 5.84. The summed E-state index contributed by atoms with van der Waals surface area (Å²) in [6.45, 7) is 0. The molecular formula is C17H17N5O2S. The highest BCUT2D eigenvalue weighted by atomic mass is 32.2. The summed E-state index contributed by atoms with van der Waals surface area (Å²) in [5.74, 6) is 7.02. The minimum absolute atomic E-state index is 0.0405. The van der Waals surface area contributed by atoms with Crippen LogP contribution >= 0.6 is 11.8 Å². The van der Waals surface area contributed by atoms with Crippen molar-refractivity contribution in [3.63, 3.8) is 0 Å². The largest absolute Gasteiger partial charge is 0.461 e. The summed E-state index contributed by atoms with van der Waals surface area (Å²) in [5.41, 5.74) is 0.896. The van der Waals surface area contributed by atoms with E-state index in [4.69, 9.17) is 10.3 Å². The van der Waals surface area contributed by atoms with Gasteiger partial charge in [0.25, 0.3) is 0 Å². The van der Waals surface area contributed by atoms with Crippen LogP contribution in [-0.4, -0.2) is 26.8 Å². The molecule has 4 rings (SSSR count). The number of aromatic nitrogens is 3. The van der Waals surface area contributed by atoms with Crippen LogP contribution in [0.4, 0.5) is 0 Å². The lowest BCUT2D eigenvalue weighted by Crippen LogP contribution is -2.30. The third-order valence-electron chi connectivity index (χ3n) is 3.89. The van der Waals surface area contributed by atoms with Crippen molar-refractivity contribution in [1.82, 2.24) is 20.2 Å². The molecule has 1 aliphatic carbocycles. The predicted octanol–water partition coefficient (Wildman–Crippen LogP) is 2.36. The highest BCUT2D eigenvalue weighted by Gasteiger charge is 2.30. The molecule has 128 valence electrons. The highest BCUT2D eigenvalue weighted by Crippen LogP contribution is 2.36. The van der Waals surface area contributed by atoms with E-state index in [2.05, 4.69) is 15.5 Å². The van der Waals surface area contributed by atoms with Gasteiger partial charge in [-0.15, -0.1) is 10.2 Å². The molecule has 1 amide bonds. The Bertz CT molecular complexity index is 859. The molecule has 1 aromatic carbocycles. The fourth-order valence-corrected chi connectivity index (χ4v) is 3.41. The molecular weight excluding hydrogens is 338 g/mol. The summed E-state index contributed by atoms with van der Waals surface area (Å²) < 4.78 is 6.67. The van der Waals surface area contributed by atoms with Crippen molar-refractivity contribution in [3.05, 3.63) is 54.3 Å². The normalized spacial score (nSPS) is 15.0. The maximum Gasteiger partial charge on any atom is 0.238 e. The standard InChI is InChI=1S/C17H17N5O2S/c18-22-15(13-7-4-10-24-13)20-21-17(22)25-14(11-5-2-1-3-6-11)16(23)19-12-8-9-12/h1-7,10,12,14H,8-9,18H2,(H,19,23)/t14-/m0/s1. The predicted molar refractivity (Wildman–Crippen MR) is 94.1 cm³/mol. The van der Waals surface area contributed by atoms with Crippen LogP contribution < -0.4 is 11.2 Å². The van der Waals surface area contributed by atoms with Crippen molar-refractivity contribution in [2.45, 2.75) is 29.3 Å². The third-order valence-corrected chi connectivity index (χ3v) is 5.10. The molecule has 1 aliphatic rings. The topological polar surface area (TPSA) is 99.0 Å². The van der Waals surface area contributed by atoms with Gasteiger partial charge in [-0.25, -0.2) is 4.68 Å². The van der Waals surface area contributed by atoms with E-state index in [1.165, 1.54) is 16.4 Å².